The third-order valence-electron chi connectivity index (χ3n) is 5.40. The smallest absolute Gasteiger partial charge is 0.240 e. The minimum atomic E-state index is -3.54. The van der Waals surface area contributed by atoms with Gasteiger partial charge in [0.2, 0.25) is 10.0 Å². The number of nitrogens with zero attached hydrogens (tertiary/aromatic N) is 4. The molecule has 0 saturated heterocycles. The number of phenolic OH excluding ortho intramolecular Hbond substituents is 1. The van der Waals surface area contributed by atoms with E-state index < -0.39 is 10.0 Å². The van der Waals surface area contributed by atoms with E-state index in [-0.39, 0.29) is 10.6 Å². The van der Waals surface area contributed by atoms with Gasteiger partial charge in [-0.3, -0.25) is 4.40 Å². The van der Waals surface area contributed by atoms with Crippen LogP contribution in [0.3, 0.4) is 0 Å². The van der Waals surface area contributed by atoms with Crippen molar-refractivity contribution >= 4 is 21.5 Å². The Kier molecular flexibility index (Phi) is 6.82. The minimum Gasteiger partial charge on any atom is -0.508 e. The highest BCUT2D eigenvalue weighted by Crippen LogP contribution is 2.28. The Labute approximate surface area is 199 Å². The van der Waals surface area contributed by atoms with Crippen molar-refractivity contribution in [3.05, 3.63) is 72.2 Å². The van der Waals surface area contributed by atoms with Crippen molar-refractivity contribution in [1.29, 1.82) is 0 Å². The first-order valence-electron chi connectivity index (χ1n) is 10.8. The molecular weight excluding hydrogens is 452 g/mol. The lowest BCUT2D eigenvalue weighted by atomic mass is 10.1. The molecule has 0 atom stereocenters. The number of aromatic hydroxyl groups is 1. The maximum atomic E-state index is 12.4. The molecule has 2 aromatic heterocycles. The fraction of sp³-hybridized carbons (Fsp3) is 0.250. The Morgan fingerprint density at radius 1 is 1.06 bits per heavy atom. The molecule has 4 aromatic rings. The van der Waals surface area contributed by atoms with Crippen molar-refractivity contribution in [2.24, 2.45) is 0 Å². The Morgan fingerprint density at radius 2 is 1.76 bits per heavy atom. The number of phenols is 1. The highest BCUT2D eigenvalue weighted by atomic mass is 32.2. The maximum Gasteiger partial charge on any atom is 0.240 e. The zero-order valence-electron chi connectivity index (χ0n) is 19.4. The molecule has 2 aromatic carbocycles. The quantitative estimate of drug-likeness (QED) is 0.338. The van der Waals surface area contributed by atoms with E-state index in [0.29, 0.717) is 31.1 Å². The molecule has 0 radical (unpaired) electrons. The number of fused-ring (bicyclic) bond motifs is 1. The molecule has 4 rings (SSSR count). The molecule has 3 N–H and O–H groups in total. The third-order valence-corrected chi connectivity index (χ3v) is 6.88. The number of nitrogens with one attached hydrogen (secondary N) is 2. The summed E-state index contributed by atoms with van der Waals surface area (Å²) in [6, 6.07) is 13.8. The number of aryl methyl sites for hydroxylation is 1. The molecule has 0 bridgehead atoms. The van der Waals surface area contributed by atoms with Crippen LogP contribution >= 0.6 is 0 Å². The summed E-state index contributed by atoms with van der Waals surface area (Å²) in [5, 5.41) is 12.9. The summed E-state index contributed by atoms with van der Waals surface area (Å²) < 4.78 is 29.5. The molecule has 0 saturated carbocycles. The van der Waals surface area contributed by atoms with E-state index in [1.165, 1.54) is 0 Å². The molecule has 9 nitrogen and oxygen atoms in total. The van der Waals surface area contributed by atoms with E-state index >= 15 is 0 Å². The normalized spacial score (nSPS) is 11.9. The SMILES string of the molecule is Cc1nc2c(NCc3ccc(S(=O)(=O)NCCN(C)C)cc3)nccn2c1-c1ccc(O)cc1. The van der Waals surface area contributed by atoms with Crippen molar-refractivity contribution in [2.75, 3.05) is 32.5 Å². The van der Waals surface area contributed by atoms with E-state index in [1.807, 2.05) is 48.6 Å². The summed E-state index contributed by atoms with van der Waals surface area (Å²) in [6.07, 6.45) is 3.56. The Balaban J connectivity index is 1.50. The summed E-state index contributed by atoms with van der Waals surface area (Å²) >= 11 is 0. The van der Waals surface area contributed by atoms with Gasteiger partial charge in [0.25, 0.3) is 0 Å². The van der Waals surface area contributed by atoms with Crippen molar-refractivity contribution in [3.63, 3.8) is 0 Å². The van der Waals surface area contributed by atoms with E-state index in [1.54, 1.807) is 42.6 Å². The van der Waals surface area contributed by atoms with Gasteiger partial charge < -0.3 is 15.3 Å². The molecule has 0 spiro atoms. The number of rotatable bonds is 9. The summed E-state index contributed by atoms with van der Waals surface area (Å²) in [5.41, 5.74) is 4.32. The Morgan fingerprint density at radius 3 is 2.44 bits per heavy atom. The molecule has 178 valence electrons. The van der Waals surface area contributed by atoms with Gasteiger partial charge in [0.05, 0.1) is 16.3 Å². The zero-order chi connectivity index (χ0) is 24.3. The van der Waals surface area contributed by atoms with Gasteiger partial charge >= 0.3 is 0 Å². The van der Waals surface area contributed by atoms with Crippen molar-refractivity contribution in [3.8, 4) is 17.0 Å². The van der Waals surface area contributed by atoms with Crippen LogP contribution in [0.2, 0.25) is 0 Å². The van der Waals surface area contributed by atoms with Gasteiger partial charge in [-0.15, -0.1) is 0 Å². The minimum absolute atomic E-state index is 0.211. The molecule has 0 aliphatic rings. The van der Waals surface area contributed by atoms with E-state index in [0.717, 1.165) is 22.5 Å². The molecule has 0 unspecified atom stereocenters. The van der Waals surface area contributed by atoms with Crippen LogP contribution in [0.15, 0.2) is 65.8 Å². The first-order chi connectivity index (χ1) is 16.2. The average molecular weight is 481 g/mol. The average Bonchev–Trinajstić information content (AvgIpc) is 3.14. The number of hydrogen-bond acceptors (Lipinski definition) is 7. The van der Waals surface area contributed by atoms with Crippen LogP contribution in [0, 0.1) is 6.92 Å². The number of likely N-dealkylation sites (N-methyl/N-ethyl adjacent to an activating group) is 1. The van der Waals surface area contributed by atoms with Gasteiger partial charge in [-0.25, -0.2) is 23.1 Å². The fourth-order valence-electron chi connectivity index (χ4n) is 3.64. The first kappa shape index (κ1) is 23.7. The highest BCUT2D eigenvalue weighted by Gasteiger charge is 2.15. The van der Waals surface area contributed by atoms with Gasteiger partial charge in [-0.1, -0.05) is 12.1 Å². The van der Waals surface area contributed by atoms with Crippen LogP contribution in [0.5, 0.6) is 5.75 Å². The van der Waals surface area contributed by atoms with Gasteiger partial charge in [-0.2, -0.15) is 0 Å². The zero-order valence-corrected chi connectivity index (χ0v) is 20.2. The molecular formula is C24H28N6O3S. The van der Waals surface area contributed by atoms with Crippen LogP contribution in [-0.2, 0) is 16.6 Å². The maximum absolute atomic E-state index is 12.4. The second-order valence-corrected chi connectivity index (χ2v) is 10.0. The number of imidazole rings is 1. The molecule has 0 aliphatic heterocycles. The summed E-state index contributed by atoms with van der Waals surface area (Å²) in [4.78, 5) is 11.3. The van der Waals surface area contributed by atoms with Crippen molar-refractivity contribution in [2.45, 2.75) is 18.4 Å². The number of sulfonamides is 1. The van der Waals surface area contributed by atoms with Crippen LogP contribution in [0.4, 0.5) is 5.82 Å². The second kappa shape index (κ2) is 9.80. The van der Waals surface area contributed by atoms with E-state index in [4.69, 9.17) is 4.98 Å². The van der Waals surface area contributed by atoms with E-state index in [9.17, 15) is 13.5 Å². The van der Waals surface area contributed by atoms with Crippen molar-refractivity contribution in [1.82, 2.24) is 24.0 Å². The lowest BCUT2D eigenvalue weighted by Gasteiger charge is -2.11. The molecule has 0 fully saturated rings. The van der Waals surface area contributed by atoms with Gasteiger partial charge in [-0.05, 0) is 63.0 Å². The number of aromatic nitrogens is 3. The van der Waals surface area contributed by atoms with Crippen LogP contribution < -0.4 is 10.0 Å². The monoisotopic (exact) mass is 480 g/mol. The molecule has 0 amide bonds. The lowest BCUT2D eigenvalue weighted by molar-refractivity contribution is 0.412. The van der Waals surface area contributed by atoms with E-state index in [2.05, 4.69) is 15.0 Å². The number of benzene rings is 2. The molecule has 34 heavy (non-hydrogen) atoms. The first-order valence-corrected chi connectivity index (χ1v) is 12.3. The standard InChI is InChI=1S/C24H28N6O3S/c1-17-22(19-6-8-20(31)9-7-19)30-15-12-25-23(24(30)28-17)26-16-18-4-10-21(11-5-18)34(32,33)27-13-14-29(2)3/h4-12,15,27,31H,13-14,16H2,1-3H3,(H,25,26). The molecule has 2 heterocycles. The topological polar surface area (TPSA) is 112 Å². The Bertz CT molecular complexity index is 1380. The summed E-state index contributed by atoms with van der Waals surface area (Å²) in [6.45, 7) is 3.37. The predicted molar refractivity (Wildman–Crippen MR) is 132 cm³/mol. The van der Waals surface area contributed by atoms with Gasteiger partial charge in [0.15, 0.2) is 11.5 Å². The van der Waals surface area contributed by atoms with Crippen LogP contribution in [0.1, 0.15) is 11.3 Å². The van der Waals surface area contributed by atoms with Crippen LogP contribution in [-0.4, -0.2) is 60.0 Å². The summed E-state index contributed by atoms with van der Waals surface area (Å²) in [7, 11) is 0.248. The number of hydrogen-bond donors (Lipinski definition) is 3. The third kappa shape index (κ3) is 5.19. The molecule has 0 aliphatic carbocycles. The largest absolute Gasteiger partial charge is 0.508 e. The highest BCUT2D eigenvalue weighted by molar-refractivity contribution is 7.89. The lowest BCUT2D eigenvalue weighted by Crippen LogP contribution is -2.31. The molecule has 10 heteroatoms. The Hall–Kier alpha value is -3.47. The van der Waals surface area contributed by atoms with Gasteiger partial charge in [0.1, 0.15) is 5.75 Å². The predicted octanol–water partition coefficient (Wildman–Crippen LogP) is 2.86. The second-order valence-electron chi connectivity index (χ2n) is 8.26. The summed E-state index contributed by atoms with van der Waals surface area (Å²) in [5.74, 6) is 0.833. The van der Waals surface area contributed by atoms with Crippen LogP contribution in [0.25, 0.3) is 16.9 Å². The van der Waals surface area contributed by atoms with Gasteiger partial charge in [0, 0.05) is 37.6 Å². The fourth-order valence-corrected chi connectivity index (χ4v) is 4.66. The number of anilines is 1. The van der Waals surface area contributed by atoms with Crippen molar-refractivity contribution < 1.29 is 13.5 Å².